The van der Waals surface area contributed by atoms with Crippen molar-refractivity contribution < 1.29 is 110 Å². The molecule has 0 saturated carbocycles. The molecule has 0 heterocycles. The van der Waals surface area contributed by atoms with Gasteiger partial charge in [0, 0.05) is 48.4 Å². The maximum atomic E-state index is 12.6. The summed E-state index contributed by atoms with van der Waals surface area (Å²) in [4.78, 5) is 50.3. The number of hydrogen-bond acceptors (Lipinski definition) is 20. The van der Waals surface area contributed by atoms with E-state index in [-0.39, 0.29) is 132 Å². The summed E-state index contributed by atoms with van der Waals surface area (Å²) in [5.41, 5.74) is 0.446. The van der Waals surface area contributed by atoms with Crippen LogP contribution in [0.1, 0.15) is 73.1 Å². The molecule has 0 bridgehead atoms. The van der Waals surface area contributed by atoms with Gasteiger partial charge in [-0.15, -0.1) is 0 Å². The van der Waals surface area contributed by atoms with Gasteiger partial charge in [0.05, 0.1) is 26.4 Å². The fourth-order valence-corrected chi connectivity index (χ4v) is 12.0. The number of aromatic hydroxyl groups is 4. The van der Waals surface area contributed by atoms with Crippen molar-refractivity contribution in [1.29, 1.82) is 0 Å². The van der Waals surface area contributed by atoms with Crippen LogP contribution < -0.4 is 40.8 Å². The molecule has 8 N–H and O–H groups in total. The van der Waals surface area contributed by atoms with Crippen molar-refractivity contribution in [1.82, 2.24) is 21.3 Å². The maximum absolute atomic E-state index is 12.6. The van der Waals surface area contributed by atoms with Gasteiger partial charge >= 0.3 is 34.1 Å². The van der Waals surface area contributed by atoms with E-state index in [1.165, 1.54) is 76.2 Å². The molecule has 0 saturated heterocycles. The van der Waals surface area contributed by atoms with Gasteiger partial charge in [-0.3, -0.25) is 0 Å². The first-order chi connectivity index (χ1) is 30.3. The number of hydrogen-bond donors (Lipinski definition) is 8. The molecular weight excluding hydrogens is 1040 g/mol. The van der Waals surface area contributed by atoms with Gasteiger partial charge < -0.3 is 97.6 Å². The van der Waals surface area contributed by atoms with Crippen LogP contribution in [0.5, 0.6) is 23.0 Å². The van der Waals surface area contributed by atoms with Crippen molar-refractivity contribution in [3.63, 3.8) is 0 Å². The van der Waals surface area contributed by atoms with Gasteiger partial charge in [0.1, 0.15) is 46.1 Å². The molecule has 4 aromatic carbocycles. The van der Waals surface area contributed by atoms with E-state index in [0.717, 1.165) is 0 Å². The van der Waals surface area contributed by atoms with Crippen LogP contribution in [0.25, 0.3) is 0 Å². The second-order valence-corrected chi connectivity index (χ2v) is 20.9. The molecule has 66 heavy (non-hydrogen) atoms. The van der Waals surface area contributed by atoms with Crippen LogP contribution in [0.3, 0.4) is 0 Å². The van der Waals surface area contributed by atoms with Crippen LogP contribution in [-0.2, 0) is 70.5 Å². The van der Waals surface area contributed by atoms with Gasteiger partial charge in [0.15, 0.2) is 30.4 Å². The molecular formula is C40H56Cu2N4O16P4. The smallest absolute Gasteiger partial charge is 0.777 e. The summed E-state index contributed by atoms with van der Waals surface area (Å²) >= 11 is 0. The zero-order valence-corrected chi connectivity index (χ0v) is 41.7. The summed E-state index contributed by atoms with van der Waals surface area (Å²) in [5, 5.41) is 51.6. The molecule has 4 rings (SSSR count). The second kappa shape index (κ2) is 29.6. The molecule has 8 atom stereocenters. The first kappa shape index (κ1) is 61.6. The van der Waals surface area contributed by atoms with Crippen LogP contribution in [0.2, 0.25) is 0 Å². The maximum Gasteiger partial charge on any atom is 2.00 e. The SMILES string of the molecule is CCOP(=O)([O-])C(NCCNC(c1ccccc1O)P(=O)([O-])OCC)c1ccccc1O.CCOP(=O)([O-])C(NCCNC(c1ccccc1O)P(=O)([O-])OCC)c1ccccc1O.[Cu+2].[Cu+2]. The van der Waals surface area contributed by atoms with E-state index in [1.54, 1.807) is 48.5 Å². The average Bonchev–Trinajstić information content (AvgIpc) is 3.22. The van der Waals surface area contributed by atoms with Crippen molar-refractivity contribution in [2.45, 2.75) is 50.8 Å². The Labute approximate surface area is 405 Å². The van der Waals surface area contributed by atoms with Gasteiger partial charge in [-0.05, 0) is 52.0 Å². The minimum atomic E-state index is -4.45. The monoisotopic (exact) mass is 1100 g/mol. The predicted molar refractivity (Wildman–Crippen MR) is 232 cm³/mol. The molecule has 0 aliphatic heterocycles. The van der Waals surface area contributed by atoms with Crippen LogP contribution in [-0.4, -0.2) is 73.0 Å². The Kier molecular flexibility index (Phi) is 27.6. The molecule has 0 spiro atoms. The van der Waals surface area contributed by atoms with Crippen molar-refractivity contribution in [2.75, 3.05) is 52.6 Å². The van der Waals surface area contributed by atoms with E-state index >= 15 is 0 Å². The molecule has 0 amide bonds. The van der Waals surface area contributed by atoms with Gasteiger partial charge in [-0.25, -0.2) is 0 Å². The molecule has 2 radical (unpaired) electrons. The molecule has 0 aliphatic carbocycles. The Morgan fingerprint density at radius 2 is 0.561 bits per heavy atom. The fourth-order valence-electron chi connectivity index (χ4n) is 6.30. The minimum Gasteiger partial charge on any atom is -0.777 e. The Hall–Kier alpha value is -2.44. The number of phenolic OH excluding ortho intramolecular Hbond substituents is 4. The van der Waals surface area contributed by atoms with Crippen molar-refractivity contribution in [3.8, 4) is 23.0 Å². The topological polar surface area (TPSA) is 326 Å². The second-order valence-electron chi connectivity index (χ2n) is 13.5. The van der Waals surface area contributed by atoms with Crippen molar-refractivity contribution in [2.24, 2.45) is 0 Å². The molecule has 20 nitrogen and oxygen atoms in total. The number of rotatable bonds is 26. The summed E-state index contributed by atoms with van der Waals surface area (Å²) in [6, 6.07) is 23.8. The molecule has 8 unspecified atom stereocenters. The van der Waals surface area contributed by atoms with Gasteiger partial charge in [0.25, 0.3) is 0 Å². The molecule has 0 aromatic heterocycles. The number of benzene rings is 4. The number of nitrogens with one attached hydrogen (secondary N) is 4. The third-order valence-corrected chi connectivity index (χ3v) is 15.9. The standard InChI is InChI=1S/2C20H30N2O8P2.2Cu/c2*1-3-29-31(25,26)19(15-9-5-7-11-17(15)23)21-13-14-22-20(32(27,28)30-4-2)16-10-6-8-12-18(16)24;;/h2*5-12,19-24H,3-4,13-14H2,1-2H3,(H,25,26)(H,27,28);;/q;;2*+2/p-4. The minimum absolute atomic E-state index is 0. The molecule has 26 heteroatoms. The summed E-state index contributed by atoms with van der Waals surface area (Å²) in [6.45, 7) is 5.81. The van der Waals surface area contributed by atoms with Crippen LogP contribution in [0, 0.1) is 0 Å². The van der Waals surface area contributed by atoms with Gasteiger partial charge in [-0.1, -0.05) is 72.8 Å². The first-order valence-electron chi connectivity index (χ1n) is 20.1. The largest absolute Gasteiger partial charge is 2.00 e. The van der Waals surface area contributed by atoms with Crippen LogP contribution >= 0.6 is 30.4 Å². The Morgan fingerprint density at radius 1 is 0.394 bits per heavy atom. The Bertz CT molecular complexity index is 1960. The zero-order valence-electron chi connectivity index (χ0n) is 36.3. The van der Waals surface area contributed by atoms with Crippen LogP contribution in [0.4, 0.5) is 0 Å². The quantitative estimate of drug-likeness (QED) is 0.0247. The van der Waals surface area contributed by atoms with E-state index in [1.807, 2.05) is 0 Å². The Balaban J connectivity index is 0.000000641. The summed E-state index contributed by atoms with van der Waals surface area (Å²) in [6.07, 6.45) is 0. The summed E-state index contributed by atoms with van der Waals surface area (Å²) < 4.78 is 70.0. The summed E-state index contributed by atoms with van der Waals surface area (Å²) in [5.74, 6) is -6.27. The zero-order chi connectivity index (χ0) is 47.6. The van der Waals surface area contributed by atoms with E-state index in [2.05, 4.69) is 21.3 Å². The third-order valence-electron chi connectivity index (χ3n) is 9.03. The van der Waals surface area contributed by atoms with Crippen LogP contribution in [0.15, 0.2) is 97.1 Å². The van der Waals surface area contributed by atoms with E-state index in [0.29, 0.717) is 0 Å². The molecule has 4 aromatic rings. The van der Waals surface area contributed by atoms with Crippen molar-refractivity contribution >= 4 is 30.4 Å². The van der Waals surface area contributed by atoms with E-state index < -0.39 is 53.5 Å². The first-order valence-corrected chi connectivity index (χ1v) is 26.6. The number of para-hydroxylation sites is 4. The van der Waals surface area contributed by atoms with E-state index in [9.17, 15) is 58.3 Å². The average molecular weight is 1100 g/mol. The summed E-state index contributed by atoms with van der Waals surface area (Å²) in [7, 11) is -17.8. The Morgan fingerprint density at radius 3 is 0.712 bits per heavy atom. The third kappa shape index (κ3) is 18.1. The molecule has 0 fully saturated rings. The molecule has 0 aliphatic rings. The predicted octanol–water partition coefficient (Wildman–Crippen LogP) is 4.30. The van der Waals surface area contributed by atoms with Crippen molar-refractivity contribution in [3.05, 3.63) is 119 Å². The fraction of sp³-hybridized carbons (Fsp3) is 0.400. The van der Waals surface area contributed by atoms with Gasteiger partial charge in [-0.2, -0.15) is 0 Å². The number of phenols is 4. The molecule has 374 valence electrons. The van der Waals surface area contributed by atoms with E-state index in [4.69, 9.17) is 18.1 Å². The normalized spacial score (nSPS) is 16.7. The van der Waals surface area contributed by atoms with Gasteiger partial charge in [0.2, 0.25) is 0 Å².